The lowest BCUT2D eigenvalue weighted by Gasteiger charge is -2.16. The molecule has 1 fully saturated rings. The van der Waals surface area contributed by atoms with Gasteiger partial charge in [0.2, 0.25) is 0 Å². The van der Waals surface area contributed by atoms with E-state index in [9.17, 15) is 19.6 Å². The van der Waals surface area contributed by atoms with Crippen LogP contribution in [-0.2, 0) is 20.4 Å². The first kappa shape index (κ1) is 18.9. The molecule has 1 aliphatic rings. The molecule has 0 saturated carbocycles. The Labute approximate surface area is 146 Å². The second-order valence-electron chi connectivity index (χ2n) is 5.65. The fraction of sp³-hybridized carbons (Fsp3) is 0.462. The van der Waals surface area contributed by atoms with Crippen LogP contribution < -0.4 is 5.56 Å². The Morgan fingerprint density at radius 3 is 2.69 bits per heavy atom. The first-order valence-electron chi connectivity index (χ1n) is 7.47. The van der Waals surface area contributed by atoms with Gasteiger partial charge in [0, 0.05) is 6.54 Å². The Kier molecular flexibility index (Phi) is 5.08. The number of rotatable bonds is 6. The number of hydrogen-bond donors (Lipinski definition) is 4. The minimum atomic E-state index is -4.76. The molecule has 3 heterocycles. The third-order valence-corrected chi connectivity index (χ3v) is 4.38. The number of aromatic nitrogens is 4. The van der Waals surface area contributed by atoms with Crippen LogP contribution in [0.3, 0.4) is 0 Å². The van der Waals surface area contributed by atoms with Gasteiger partial charge >= 0.3 is 7.82 Å². The Bertz CT molecular complexity index is 920. The summed E-state index contributed by atoms with van der Waals surface area (Å²) >= 11 is 0. The predicted molar refractivity (Wildman–Crippen MR) is 85.9 cm³/mol. The number of allylic oxidation sites excluding steroid dienone is 1. The van der Waals surface area contributed by atoms with E-state index in [0.29, 0.717) is 0 Å². The predicted octanol–water partition coefficient (Wildman–Crippen LogP) is -1.49. The van der Waals surface area contributed by atoms with Crippen LogP contribution in [0.25, 0.3) is 11.2 Å². The van der Waals surface area contributed by atoms with Crippen molar-refractivity contribution in [3.63, 3.8) is 0 Å². The van der Waals surface area contributed by atoms with Crippen molar-refractivity contribution in [2.75, 3.05) is 6.61 Å². The number of phosphoric acid groups is 1. The minimum Gasteiger partial charge on any atom is -0.387 e. The molecule has 0 unspecified atom stereocenters. The molecular formula is C13H17N4O8P. The normalized spacial score (nSPS) is 26.5. The molecule has 1 aliphatic heterocycles. The van der Waals surface area contributed by atoms with E-state index in [1.165, 1.54) is 27.9 Å². The summed E-state index contributed by atoms with van der Waals surface area (Å²) in [6, 6.07) is 0. The summed E-state index contributed by atoms with van der Waals surface area (Å²) in [6.07, 6.45) is -1.23. The van der Waals surface area contributed by atoms with Crippen LogP contribution in [-0.4, -0.2) is 64.0 Å². The summed E-state index contributed by atoms with van der Waals surface area (Å²) in [7, 11) is -4.76. The molecule has 0 aromatic carbocycles. The van der Waals surface area contributed by atoms with Gasteiger partial charge in [0.25, 0.3) is 5.56 Å². The van der Waals surface area contributed by atoms with Gasteiger partial charge in [0.1, 0.15) is 24.6 Å². The molecule has 142 valence electrons. The number of aliphatic hydroxyl groups is 2. The number of imidazole rings is 1. The molecule has 4 N–H and O–H groups in total. The summed E-state index contributed by atoms with van der Waals surface area (Å²) in [5.74, 6) is 0. The Morgan fingerprint density at radius 2 is 2.04 bits per heavy atom. The molecule has 1 saturated heterocycles. The summed E-state index contributed by atoms with van der Waals surface area (Å²) in [5, 5.41) is 20.2. The molecule has 26 heavy (non-hydrogen) atoms. The monoisotopic (exact) mass is 388 g/mol. The highest BCUT2D eigenvalue weighted by atomic mass is 31.2. The van der Waals surface area contributed by atoms with Crippen LogP contribution in [0.15, 0.2) is 30.1 Å². The molecule has 0 bridgehead atoms. The smallest absolute Gasteiger partial charge is 0.387 e. The topological polar surface area (TPSA) is 169 Å². The lowest BCUT2D eigenvalue weighted by molar-refractivity contribution is -0.0504. The molecule has 0 aliphatic carbocycles. The molecule has 0 amide bonds. The fourth-order valence-corrected chi connectivity index (χ4v) is 3.01. The molecule has 3 rings (SSSR count). The molecule has 0 spiro atoms. The average Bonchev–Trinajstić information content (AvgIpc) is 3.11. The van der Waals surface area contributed by atoms with Gasteiger partial charge in [0.05, 0.1) is 12.9 Å². The van der Waals surface area contributed by atoms with Gasteiger partial charge in [0.15, 0.2) is 17.4 Å². The SMILES string of the molecule is C=CCn1cnc2c(ncn2[C@@H]2O[C@H](COP(=O)(O)O)[C@@H](O)[C@H]2O)c1=O. The highest BCUT2D eigenvalue weighted by Crippen LogP contribution is 2.38. The second kappa shape index (κ2) is 7.00. The maximum absolute atomic E-state index is 12.3. The third kappa shape index (κ3) is 3.48. The molecule has 2 aromatic heterocycles. The average molecular weight is 388 g/mol. The van der Waals surface area contributed by atoms with Crippen molar-refractivity contribution in [3.05, 3.63) is 35.7 Å². The van der Waals surface area contributed by atoms with Crippen LogP contribution in [0.4, 0.5) is 0 Å². The zero-order chi connectivity index (χ0) is 19.1. The first-order valence-corrected chi connectivity index (χ1v) is 9.00. The number of fused-ring (bicyclic) bond motifs is 1. The Balaban J connectivity index is 1.89. The van der Waals surface area contributed by atoms with Crippen molar-refractivity contribution in [3.8, 4) is 0 Å². The third-order valence-electron chi connectivity index (χ3n) is 3.89. The van der Waals surface area contributed by atoms with Gasteiger partial charge < -0.3 is 24.7 Å². The van der Waals surface area contributed by atoms with Crippen molar-refractivity contribution < 1.29 is 33.8 Å². The lowest BCUT2D eigenvalue weighted by atomic mass is 10.1. The highest BCUT2D eigenvalue weighted by Gasteiger charge is 2.45. The maximum atomic E-state index is 12.3. The molecule has 4 atom stereocenters. The number of hydrogen-bond acceptors (Lipinski definition) is 8. The van der Waals surface area contributed by atoms with E-state index in [1.807, 2.05) is 0 Å². The molecule has 0 radical (unpaired) electrons. The number of ether oxygens (including phenoxy) is 1. The van der Waals surface area contributed by atoms with Gasteiger partial charge in [-0.3, -0.25) is 18.5 Å². The van der Waals surface area contributed by atoms with E-state index in [4.69, 9.17) is 14.5 Å². The fourth-order valence-electron chi connectivity index (χ4n) is 2.67. The van der Waals surface area contributed by atoms with Gasteiger partial charge in [-0.15, -0.1) is 6.58 Å². The van der Waals surface area contributed by atoms with E-state index in [0.717, 1.165) is 0 Å². The summed E-state index contributed by atoms with van der Waals surface area (Å²) in [6.45, 7) is 3.16. The first-order chi connectivity index (χ1) is 12.2. The Morgan fingerprint density at radius 1 is 1.31 bits per heavy atom. The minimum absolute atomic E-state index is 0.0366. The summed E-state index contributed by atoms with van der Waals surface area (Å²) < 4.78 is 23.1. The van der Waals surface area contributed by atoms with Crippen molar-refractivity contribution in [1.82, 2.24) is 19.1 Å². The van der Waals surface area contributed by atoms with Gasteiger partial charge in [-0.05, 0) is 0 Å². The zero-order valence-electron chi connectivity index (χ0n) is 13.3. The molecule has 12 nitrogen and oxygen atoms in total. The quantitative estimate of drug-likeness (QED) is 0.338. The number of aliphatic hydroxyl groups excluding tert-OH is 2. The zero-order valence-corrected chi connectivity index (χ0v) is 14.2. The van der Waals surface area contributed by atoms with Gasteiger partial charge in [-0.1, -0.05) is 6.08 Å². The largest absolute Gasteiger partial charge is 0.469 e. The van der Waals surface area contributed by atoms with E-state index in [-0.39, 0.29) is 17.7 Å². The standard InChI is InChI=1S/C13H17N4O8P/c1-2-3-16-5-15-11-8(12(16)20)14-6-17(11)13-10(19)9(18)7(25-13)4-24-26(21,22)23/h2,5-7,9-10,13,18-19H,1,3-4H2,(H2,21,22,23)/t7-,9-,10-,13-/m1/s1. The van der Waals surface area contributed by atoms with E-state index < -0.39 is 44.5 Å². The van der Waals surface area contributed by atoms with Gasteiger partial charge in [-0.2, -0.15) is 0 Å². The van der Waals surface area contributed by atoms with Crippen molar-refractivity contribution in [1.29, 1.82) is 0 Å². The van der Waals surface area contributed by atoms with Crippen molar-refractivity contribution in [2.45, 2.75) is 31.1 Å². The van der Waals surface area contributed by atoms with Crippen molar-refractivity contribution >= 4 is 19.0 Å². The van der Waals surface area contributed by atoms with E-state index in [1.54, 1.807) is 0 Å². The van der Waals surface area contributed by atoms with E-state index >= 15 is 0 Å². The molecule has 13 heteroatoms. The van der Waals surface area contributed by atoms with Crippen molar-refractivity contribution in [2.24, 2.45) is 0 Å². The molecular weight excluding hydrogens is 371 g/mol. The highest BCUT2D eigenvalue weighted by molar-refractivity contribution is 7.46. The summed E-state index contributed by atoms with van der Waals surface area (Å²) in [4.78, 5) is 37.9. The molecule has 2 aromatic rings. The number of nitrogens with zero attached hydrogens (tertiary/aromatic N) is 4. The van der Waals surface area contributed by atoms with Crippen LogP contribution in [0.5, 0.6) is 0 Å². The second-order valence-corrected chi connectivity index (χ2v) is 6.89. The number of phosphoric ester groups is 1. The van der Waals surface area contributed by atoms with Crippen LogP contribution in [0.2, 0.25) is 0 Å². The van der Waals surface area contributed by atoms with Gasteiger partial charge in [-0.25, -0.2) is 14.5 Å². The van der Waals surface area contributed by atoms with Crippen LogP contribution in [0, 0.1) is 0 Å². The van der Waals surface area contributed by atoms with E-state index in [2.05, 4.69) is 21.1 Å². The van der Waals surface area contributed by atoms with Crippen LogP contribution in [0.1, 0.15) is 6.23 Å². The summed E-state index contributed by atoms with van der Waals surface area (Å²) in [5.41, 5.74) is -0.249. The lowest BCUT2D eigenvalue weighted by Crippen LogP contribution is -2.33. The van der Waals surface area contributed by atoms with Crippen LogP contribution >= 0.6 is 7.82 Å². The Hall–Kier alpha value is -1.92. The maximum Gasteiger partial charge on any atom is 0.469 e.